The third kappa shape index (κ3) is 5.42. The molecule has 0 aliphatic heterocycles. The smallest absolute Gasteiger partial charge is 0.217 e. The monoisotopic (exact) mass is 273 g/mol. The maximum atomic E-state index is 11.0. The zero-order valence-corrected chi connectivity index (χ0v) is 11.4. The van der Waals surface area contributed by atoms with Gasteiger partial charge >= 0.3 is 0 Å². The van der Waals surface area contributed by atoms with E-state index in [-0.39, 0.29) is 38.6 Å². The Morgan fingerprint density at radius 3 is 2.50 bits per heavy atom. The summed E-state index contributed by atoms with van der Waals surface area (Å²) in [6.07, 6.45) is 5.15. The molecule has 14 heavy (non-hydrogen) atoms. The second-order valence-electron chi connectivity index (χ2n) is 3.76. The third-order valence-corrected chi connectivity index (χ3v) is 2.59. The van der Waals surface area contributed by atoms with E-state index >= 15 is 0 Å². The van der Waals surface area contributed by atoms with E-state index in [9.17, 15) is 4.79 Å². The maximum Gasteiger partial charge on any atom is 0.217 e. The molecule has 0 spiro atoms. The molecule has 79 valence electrons. The Balaban J connectivity index is 0.00000169. The summed E-state index contributed by atoms with van der Waals surface area (Å²) in [5, 5.41) is 11.5. The van der Waals surface area contributed by atoms with Crippen LogP contribution in [0.15, 0.2) is 0 Å². The number of amides is 1. The number of aliphatic hydroxyl groups is 1. The maximum absolute atomic E-state index is 11.0. The quantitative estimate of drug-likeness (QED) is 0.750. The predicted octanol–water partition coefficient (Wildman–Crippen LogP) is 0.875. The molecule has 0 aromatic heterocycles. The minimum Gasteiger partial charge on any atom is -0.416 e. The summed E-state index contributed by atoms with van der Waals surface area (Å²) in [6.45, 7) is 3.95. The fourth-order valence-electron chi connectivity index (χ4n) is 1.75. The van der Waals surface area contributed by atoms with Gasteiger partial charge < -0.3 is 17.3 Å². The van der Waals surface area contributed by atoms with E-state index in [4.69, 9.17) is 5.11 Å². The molecule has 1 fully saturated rings. The zero-order valence-electron chi connectivity index (χ0n) is 8.54. The van der Waals surface area contributed by atoms with Crippen LogP contribution in [0, 0.1) is 12.8 Å². The summed E-state index contributed by atoms with van der Waals surface area (Å²) in [4.78, 5) is 11.0. The number of nitrogens with one attached hydrogen (secondary N) is 1. The first-order valence-corrected chi connectivity index (χ1v) is 4.99. The van der Waals surface area contributed by atoms with Gasteiger partial charge in [0.25, 0.3) is 0 Å². The summed E-state index contributed by atoms with van der Waals surface area (Å²) >= 11 is 0. The predicted molar refractivity (Wildman–Crippen MR) is 50.9 cm³/mol. The van der Waals surface area contributed by atoms with E-state index in [2.05, 4.69) is 12.2 Å². The van der Waals surface area contributed by atoms with Crippen LogP contribution in [0.25, 0.3) is 0 Å². The molecule has 1 aliphatic rings. The van der Waals surface area contributed by atoms with Crippen molar-refractivity contribution in [2.24, 2.45) is 5.92 Å². The van der Waals surface area contributed by atoms with Gasteiger partial charge in [0.1, 0.15) is 0 Å². The normalized spacial score (nSPS) is 19.6. The molecule has 1 amide bonds. The van der Waals surface area contributed by atoms with Crippen LogP contribution in [-0.2, 0) is 37.5 Å². The topological polar surface area (TPSA) is 49.3 Å². The van der Waals surface area contributed by atoms with Gasteiger partial charge in [0, 0.05) is 45.4 Å². The second-order valence-corrected chi connectivity index (χ2v) is 3.76. The van der Waals surface area contributed by atoms with Gasteiger partial charge in [-0.25, -0.2) is 0 Å². The van der Waals surface area contributed by atoms with Gasteiger partial charge in [0.15, 0.2) is 0 Å². The number of hydrogen-bond acceptors (Lipinski definition) is 2. The van der Waals surface area contributed by atoms with Gasteiger partial charge in [0.05, 0.1) is 0 Å². The first kappa shape index (κ1) is 14.5. The van der Waals surface area contributed by atoms with E-state index in [0.717, 1.165) is 0 Å². The van der Waals surface area contributed by atoms with Crippen molar-refractivity contribution in [3.05, 3.63) is 6.92 Å². The Morgan fingerprint density at radius 1 is 1.43 bits per heavy atom. The zero-order chi connectivity index (χ0) is 9.68. The number of hydrogen-bond donors (Lipinski definition) is 2. The molecule has 1 aliphatic carbocycles. The van der Waals surface area contributed by atoms with Crippen molar-refractivity contribution in [2.45, 2.75) is 38.2 Å². The molecule has 0 bridgehead atoms. The first-order chi connectivity index (χ1) is 6.20. The summed E-state index contributed by atoms with van der Waals surface area (Å²) in [5.41, 5.74) is 0. The third-order valence-electron chi connectivity index (χ3n) is 2.59. The molecule has 0 aromatic carbocycles. The van der Waals surface area contributed by atoms with Crippen LogP contribution in [-0.4, -0.2) is 23.7 Å². The van der Waals surface area contributed by atoms with Gasteiger partial charge in [-0.05, 0) is 18.8 Å². The molecule has 0 saturated heterocycles. The van der Waals surface area contributed by atoms with Crippen molar-refractivity contribution < 1.29 is 42.6 Å². The van der Waals surface area contributed by atoms with Gasteiger partial charge in [0.2, 0.25) is 5.91 Å². The summed E-state index contributed by atoms with van der Waals surface area (Å²) in [7, 11) is 0. The fourth-order valence-corrected chi connectivity index (χ4v) is 1.75. The van der Waals surface area contributed by atoms with Crippen LogP contribution in [0.4, 0.5) is 0 Å². The SMILES string of the molecule is [CH2-]C(O)C(=O)NCC1CCCCC1.[Y]. The van der Waals surface area contributed by atoms with Crippen molar-refractivity contribution in [3.63, 3.8) is 0 Å². The van der Waals surface area contributed by atoms with Gasteiger partial charge in [-0.2, -0.15) is 0 Å². The van der Waals surface area contributed by atoms with E-state index < -0.39 is 6.10 Å². The fraction of sp³-hybridized carbons (Fsp3) is 0.800. The van der Waals surface area contributed by atoms with Crippen LogP contribution < -0.4 is 5.32 Å². The summed E-state index contributed by atoms with van der Waals surface area (Å²) in [6, 6.07) is 0. The van der Waals surface area contributed by atoms with Crippen LogP contribution in [0.3, 0.4) is 0 Å². The molecule has 4 heteroatoms. The Bertz CT molecular complexity index is 168. The van der Waals surface area contributed by atoms with Crippen molar-refractivity contribution >= 4 is 5.91 Å². The molecule has 0 heterocycles. The Labute approximate surface area is 111 Å². The van der Waals surface area contributed by atoms with E-state index in [0.29, 0.717) is 12.5 Å². The van der Waals surface area contributed by atoms with Crippen LogP contribution in [0.5, 0.6) is 0 Å². The van der Waals surface area contributed by atoms with Crippen molar-refractivity contribution in [1.29, 1.82) is 0 Å². The molecule has 1 saturated carbocycles. The molecule has 1 unspecified atom stereocenters. The van der Waals surface area contributed by atoms with Crippen molar-refractivity contribution in [2.75, 3.05) is 6.54 Å². The van der Waals surface area contributed by atoms with Crippen LogP contribution in [0.2, 0.25) is 0 Å². The standard InChI is InChI=1S/C10H18NO2.Y/c1-8(12)10(13)11-7-9-5-3-2-4-6-9;/h8-9,12H,1-7H2,(H,11,13);/q-1;. The van der Waals surface area contributed by atoms with Gasteiger partial charge in [-0.3, -0.25) is 4.79 Å². The summed E-state index contributed by atoms with van der Waals surface area (Å²) < 4.78 is 0. The molecule has 0 aromatic rings. The first-order valence-electron chi connectivity index (χ1n) is 4.99. The number of aliphatic hydroxyl groups excluding tert-OH is 1. The molecule has 1 rings (SSSR count). The van der Waals surface area contributed by atoms with Crippen LogP contribution >= 0.6 is 0 Å². The number of rotatable bonds is 3. The molecule has 1 atom stereocenters. The minimum atomic E-state index is -1.12. The van der Waals surface area contributed by atoms with Crippen molar-refractivity contribution in [1.82, 2.24) is 5.32 Å². The van der Waals surface area contributed by atoms with Gasteiger partial charge in [-0.15, -0.1) is 0 Å². The molecular weight excluding hydrogens is 255 g/mol. The van der Waals surface area contributed by atoms with E-state index in [1.54, 1.807) is 0 Å². The van der Waals surface area contributed by atoms with E-state index in [1.165, 1.54) is 32.1 Å². The second kappa shape index (κ2) is 7.78. The minimum absolute atomic E-state index is 0. The summed E-state index contributed by atoms with van der Waals surface area (Å²) in [5.74, 6) is 0.252. The Kier molecular flexibility index (Phi) is 8.07. The van der Waals surface area contributed by atoms with Crippen molar-refractivity contribution in [3.8, 4) is 0 Å². The molecule has 3 nitrogen and oxygen atoms in total. The average Bonchev–Trinajstić information content (AvgIpc) is 2.15. The van der Waals surface area contributed by atoms with Gasteiger partial charge in [-0.1, -0.05) is 19.3 Å². The molecule has 1 radical (unpaired) electrons. The number of carbonyl (C=O) groups excluding carboxylic acids is 1. The Hall–Kier alpha value is 0.534. The average molecular weight is 273 g/mol. The molecular formula is C10H18NO2Y-. The Morgan fingerprint density at radius 2 is 2.00 bits per heavy atom. The molecule has 2 N–H and O–H groups in total. The van der Waals surface area contributed by atoms with Crippen LogP contribution in [0.1, 0.15) is 32.1 Å². The largest absolute Gasteiger partial charge is 0.416 e. The number of carbonyl (C=O) groups is 1. The van der Waals surface area contributed by atoms with E-state index in [1.807, 2.05) is 0 Å².